The van der Waals surface area contributed by atoms with Crippen LogP contribution in [0.2, 0.25) is 0 Å². The molecule has 1 heterocycles. The maximum atomic E-state index is 10.8. The van der Waals surface area contributed by atoms with Crippen molar-refractivity contribution in [1.29, 1.82) is 0 Å². The second-order valence-electron chi connectivity index (χ2n) is 3.08. The molecule has 0 atom stereocenters. The van der Waals surface area contributed by atoms with Crippen molar-refractivity contribution in [3.05, 3.63) is 18.5 Å². The van der Waals surface area contributed by atoms with Crippen LogP contribution in [-0.4, -0.2) is 26.6 Å². The van der Waals surface area contributed by atoms with Crippen molar-refractivity contribution in [3.63, 3.8) is 0 Å². The Morgan fingerprint density at radius 2 is 2.08 bits per heavy atom. The molecule has 1 aromatic heterocycles. The summed E-state index contributed by atoms with van der Waals surface area (Å²) in [4.78, 5) is 18.6. The minimum atomic E-state index is -0.833. The zero-order valence-corrected chi connectivity index (χ0v) is 6.90. The Bertz CT molecular complexity index is 321. The minimum absolute atomic E-state index is 0.377. The van der Waals surface area contributed by atoms with Crippen molar-refractivity contribution in [2.24, 2.45) is 0 Å². The molecule has 13 heavy (non-hydrogen) atoms. The number of aliphatic carboxylic acids is 1. The fraction of sp³-hybridized carbons (Fsp3) is 0.375. The van der Waals surface area contributed by atoms with Gasteiger partial charge in [-0.2, -0.15) is 0 Å². The van der Waals surface area contributed by atoms with Gasteiger partial charge < -0.3 is 10.4 Å². The van der Waals surface area contributed by atoms with Crippen LogP contribution in [0.4, 0.5) is 5.95 Å². The van der Waals surface area contributed by atoms with Crippen LogP contribution < -0.4 is 5.32 Å². The molecule has 1 aliphatic rings. The fourth-order valence-electron chi connectivity index (χ4n) is 1.09. The van der Waals surface area contributed by atoms with Crippen LogP contribution in [0.15, 0.2) is 18.5 Å². The lowest BCUT2D eigenvalue weighted by Crippen LogP contribution is -2.32. The lowest BCUT2D eigenvalue weighted by molar-refractivity contribution is -0.138. The molecule has 1 aliphatic carbocycles. The molecule has 0 bridgehead atoms. The highest BCUT2D eigenvalue weighted by molar-refractivity contribution is 5.85. The first-order valence-corrected chi connectivity index (χ1v) is 4.02. The molecule has 2 rings (SSSR count). The summed E-state index contributed by atoms with van der Waals surface area (Å²) in [7, 11) is 0. The number of carboxylic acid groups (broad SMARTS) is 1. The summed E-state index contributed by atoms with van der Waals surface area (Å²) in [5.74, 6) is -0.456. The maximum absolute atomic E-state index is 10.8. The second-order valence-corrected chi connectivity index (χ2v) is 3.08. The molecule has 0 spiro atoms. The van der Waals surface area contributed by atoms with Crippen LogP contribution in [0, 0.1) is 0 Å². The van der Waals surface area contributed by atoms with Gasteiger partial charge in [-0.25, -0.2) is 14.8 Å². The molecule has 0 saturated heterocycles. The number of hydrogen-bond acceptors (Lipinski definition) is 4. The zero-order chi connectivity index (χ0) is 9.31. The Morgan fingerprint density at radius 1 is 1.46 bits per heavy atom. The van der Waals surface area contributed by atoms with Crippen molar-refractivity contribution >= 4 is 11.9 Å². The minimum Gasteiger partial charge on any atom is -0.480 e. The molecule has 68 valence electrons. The topological polar surface area (TPSA) is 75.1 Å². The van der Waals surface area contributed by atoms with Crippen molar-refractivity contribution in [2.75, 3.05) is 5.32 Å². The lowest BCUT2D eigenvalue weighted by Gasteiger charge is -2.10. The van der Waals surface area contributed by atoms with Gasteiger partial charge >= 0.3 is 5.97 Å². The second kappa shape index (κ2) is 2.69. The van der Waals surface area contributed by atoms with E-state index in [1.807, 2.05) is 0 Å². The summed E-state index contributed by atoms with van der Waals surface area (Å²) in [6.07, 6.45) is 4.43. The van der Waals surface area contributed by atoms with Crippen LogP contribution in [0.1, 0.15) is 12.8 Å². The summed E-state index contributed by atoms with van der Waals surface area (Å²) in [5.41, 5.74) is -0.804. The van der Waals surface area contributed by atoms with Gasteiger partial charge in [0, 0.05) is 12.4 Å². The summed E-state index contributed by atoms with van der Waals surface area (Å²) in [6, 6.07) is 1.69. The van der Waals surface area contributed by atoms with E-state index in [4.69, 9.17) is 5.11 Å². The normalized spacial score (nSPS) is 17.8. The monoisotopic (exact) mass is 179 g/mol. The fourth-order valence-corrected chi connectivity index (χ4v) is 1.09. The maximum Gasteiger partial charge on any atom is 0.329 e. The predicted octanol–water partition coefficient (Wildman–Crippen LogP) is 0.506. The Labute approximate surface area is 74.8 Å². The average Bonchev–Trinajstić information content (AvgIpc) is 2.87. The molecule has 0 aromatic carbocycles. The number of hydrogen-bond donors (Lipinski definition) is 2. The number of carbonyl (C=O) groups is 1. The van der Waals surface area contributed by atoms with E-state index < -0.39 is 11.5 Å². The van der Waals surface area contributed by atoms with Gasteiger partial charge in [0.2, 0.25) is 5.95 Å². The van der Waals surface area contributed by atoms with Crippen molar-refractivity contribution < 1.29 is 9.90 Å². The third kappa shape index (κ3) is 1.44. The predicted molar refractivity (Wildman–Crippen MR) is 45.3 cm³/mol. The van der Waals surface area contributed by atoms with E-state index in [-0.39, 0.29) is 0 Å². The molecular formula is C8H9N3O2. The van der Waals surface area contributed by atoms with E-state index in [0.29, 0.717) is 18.8 Å². The molecule has 5 nitrogen and oxygen atoms in total. The molecule has 1 aromatic rings. The van der Waals surface area contributed by atoms with Gasteiger partial charge in [-0.15, -0.1) is 0 Å². The third-order valence-corrected chi connectivity index (χ3v) is 2.08. The number of anilines is 1. The number of nitrogens with one attached hydrogen (secondary N) is 1. The Morgan fingerprint density at radius 3 is 2.54 bits per heavy atom. The summed E-state index contributed by atoms with van der Waals surface area (Å²) >= 11 is 0. The zero-order valence-electron chi connectivity index (χ0n) is 6.90. The van der Waals surface area contributed by atoms with E-state index in [0.717, 1.165) is 0 Å². The first-order chi connectivity index (χ1) is 6.23. The van der Waals surface area contributed by atoms with Gasteiger partial charge in [0.1, 0.15) is 5.54 Å². The summed E-state index contributed by atoms with van der Waals surface area (Å²) < 4.78 is 0. The van der Waals surface area contributed by atoms with Crippen molar-refractivity contribution in [2.45, 2.75) is 18.4 Å². The van der Waals surface area contributed by atoms with Crippen LogP contribution in [-0.2, 0) is 4.79 Å². The van der Waals surface area contributed by atoms with Crippen molar-refractivity contribution in [1.82, 2.24) is 9.97 Å². The number of aromatic nitrogens is 2. The van der Waals surface area contributed by atoms with Gasteiger partial charge in [0.15, 0.2) is 0 Å². The standard InChI is InChI=1S/C8H9N3O2/c12-6(13)8(2-3-8)11-7-9-4-1-5-10-7/h1,4-5H,2-3H2,(H,12,13)(H,9,10,11). The Hall–Kier alpha value is -1.65. The smallest absolute Gasteiger partial charge is 0.329 e. The first kappa shape index (κ1) is 7.97. The SMILES string of the molecule is O=C(O)C1(Nc2ncccn2)CC1. The van der Waals surface area contributed by atoms with Crippen LogP contribution >= 0.6 is 0 Å². The van der Waals surface area contributed by atoms with E-state index in [2.05, 4.69) is 15.3 Å². The van der Waals surface area contributed by atoms with E-state index >= 15 is 0 Å². The lowest BCUT2D eigenvalue weighted by atomic mass is 10.3. The molecule has 1 fully saturated rings. The molecule has 5 heteroatoms. The highest BCUT2D eigenvalue weighted by Crippen LogP contribution is 2.38. The molecule has 0 amide bonds. The van der Waals surface area contributed by atoms with Gasteiger partial charge in [-0.05, 0) is 18.9 Å². The Balaban J connectivity index is 2.11. The molecule has 2 N–H and O–H groups in total. The van der Waals surface area contributed by atoms with Gasteiger partial charge in [-0.3, -0.25) is 0 Å². The van der Waals surface area contributed by atoms with Crippen LogP contribution in [0.25, 0.3) is 0 Å². The van der Waals surface area contributed by atoms with E-state index in [1.165, 1.54) is 0 Å². The molecule has 0 unspecified atom stereocenters. The van der Waals surface area contributed by atoms with Crippen LogP contribution in [0.5, 0.6) is 0 Å². The quantitative estimate of drug-likeness (QED) is 0.706. The molecule has 1 saturated carbocycles. The number of carboxylic acids is 1. The van der Waals surface area contributed by atoms with Crippen LogP contribution in [0.3, 0.4) is 0 Å². The largest absolute Gasteiger partial charge is 0.480 e. The molecular weight excluding hydrogens is 170 g/mol. The highest BCUT2D eigenvalue weighted by atomic mass is 16.4. The number of rotatable bonds is 3. The van der Waals surface area contributed by atoms with Gasteiger partial charge in [0.05, 0.1) is 0 Å². The third-order valence-electron chi connectivity index (χ3n) is 2.08. The number of nitrogens with zero attached hydrogens (tertiary/aromatic N) is 2. The molecule has 0 radical (unpaired) electrons. The first-order valence-electron chi connectivity index (χ1n) is 4.02. The van der Waals surface area contributed by atoms with Crippen molar-refractivity contribution in [3.8, 4) is 0 Å². The highest BCUT2D eigenvalue weighted by Gasteiger charge is 2.51. The van der Waals surface area contributed by atoms with E-state index in [1.54, 1.807) is 18.5 Å². The summed E-state index contributed by atoms with van der Waals surface area (Å²) in [5, 5.41) is 11.7. The molecule has 0 aliphatic heterocycles. The van der Waals surface area contributed by atoms with Gasteiger partial charge in [0.25, 0.3) is 0 Å². The average molecular weight is 179 g/mol. The van der Waals surface area contributed by atoms with Gasteiger partial charge in [-0.1, -0.05) is 0 Å². The Kier molecular flexibility index (Phi) is 1.65. The van der Waals surface area contributed by atoms with E-state index in [9.17, 15) is 4.79 Å². The summed E-state index contributed by atoms with van der Waals surface area (Å²) in [6.45, 7) is 0.